The second-order valence-electron chi connectivity index (χ2n) is 12.3. The minimum Gasteiger partial charge on any atom is -0.384 e. The van der Waals surface area contributed by atoms with Gasteiger partial charge in [-0.1, -0.05) is 110 Å². The molecule has 0 radical (unpaired) electrons. The Bertz CT molecular complexity index is 1720. The molecule has 1 fully saturated rings. The van der Waals surface area contributed by atoms with Crippen LogP contribution in [0, 0.1) is 5.92 Å². The van der Waals surface area contributed by atoms with Gasteiger partial charge in [-0.25, -0.2) is 0 Å². The molecular formula is C42H41N3. The number of nitrogens with one attached hydrogen (secondary N) is 3. The third-order valence-corrected chi connectivity index (χ3v) is 9.19. The van der Waals surface area contributed by atoms with E-state index in [9.17, 15) is 0 Å². The lowest BCUT2D eigenvalue weighted by atomic mass is 9.82. The van der Waals surface area contributed by atoms with Gasteiger partial charge in [0.25, 0.3) is 0 Å². The summed E-state index contributed by atoms with van der Waals surface area (Å²) in [5.74, 6) is 0.856. The molecule has 1 saturated carbocycles. The number of hydrogen-bond acceptors (Lipinski definition) is 3. The highest BCUT2D eigenvalue weighted by molar-refractivity contribution is 5.97. The smallest absolute Gasteiger partial charge is 0.0420 e. The van der Waals surface area contributed by atoms with Gasteiger partial charge in [0, 0.05) is 46.3 Å². The molecular weight excluding hydrogens is 546 g/mol. The molecule has 0 heterocycles. The highest BCUT2D eigenvalue weighted by Crippen LogP contribution is 2.39. The minimum atomic E-state index is 0.0823. The number of rotatable bonds is 10. The third kappa shape index (κ3) is 6.89. The van der Waals surface area contributed by atoms with Crippen molar-refractivity contribution in [1.82, 2.24) is 0 Å². The van der Waals surface area contributed by atoms with Gasteiger partial charge in [-0.05, 0) is 95.4 Å². The fraction of sp³-hybridized carbons (Fsp3) is 0.190. The Balaban J connectivity index is 1.24. The molecule has 0 saturated heterocycles. The molecule has 0 amide bonds. The second kappa shape index (κ2) is 13.7. The van der Waals surface area contributed by atoms with Crippen LogP contribution in [-0.2, 0) is 0 Å². The van der Waals surface area contributed by atoms with E-state index in [0.717, 1.165) is 35.2 Å². The van der Waals surface area contributed by atoms with E-state index in [1.165, 1.54) is 65.3 Å². The van der Waals surface area contributed by atoms with Crippen molar-refractivity contribution in [1.29, 1.82) is 0 Å². The summed E-state index contributed by atoms with van der Waals surface area (Å²) in [6.07, 6.45) is 6.81. The topological polar surface area (TPSA) is 36.1 Å². The van der Waals surface area contributed by atoms with E-state index in [2.05, 4.69) is 149 Å². The van der Waals surface area contributed by atoms with Crippen molar-refractivity contribution in [2.45, 2.75) is 38.0 Å². The van der Waals surface area contributed by atoms with Gasteiger partial charge in [0.1, 0.15) is 0 Å². The molecule has 1 aliphatic carbocycles. The minimum absolute atomic E-state index is 0.0823. The van der Waals surface area contributed by atoms with E-state index in [1.54, 1.807) is 0 Å². The largest absolute Gasteiger partial charge is 0.384 e. The molecule has 7 rings (SSSR count). The van der Waals surface area contributed by atoms with Crippen molar-refractivity contribution >= 4 is 39.2 Å². The maximum Gasteiger partial charge on any atom is 0.0420 e. The fourth-order valence-corrected chi connectivity index (χ4v) is 6.82. The number of benzene rings is 6. The first-order chi connectivity index (χ1) is 22.3. The predicted octanol–water partition coefficient (Wildman–Crippen LogP) is 11.5. The standard InChI is InChI=1S/C42H41N3/c1-4-12-31(13-5-1)30-43-41-29-28-40(38-18-10-11-19-39(38)41)42(32-20-24-36(25-21-32)44-34-14-6-2-7-15-34)33-22-26-37(27-23-33)45-35-16-8-3-9-17-35/h2-3,6-11,14-29,31,42-45H,1,4-5,12-13,30H2. The van der Waals surface area contributed by atoms with Crippen molar-refractivity contribution in [2.75, 3.05) is 22.5 Å². The average molecular weight is 588 g/mol. The van der Waals surface area contributed by atoms with Crippen LogP contribution in [0.15, 0.2) is 146 Å². The molecule has 6 aromatic carbocycles. The first-order valence-corrected chi connectivity index (χ1v) is 16.4. The van der Waals surface area contributed by atoms with Crippen molar-refractivity contribution in [3.8, 4) is 0 Å². The Morgan fingerprint density at radius 2 is 0.956 bits per heavy atom. The average Bonchev–Trinajstić information content (AvgIpc) is 3.11. The molecule has 1 aliphatic rings. The molecule has 45 heavy (non-hydrogen) atoms. The fourth-order valence-electron chi connectivity index (χ4n) is 6.82. The SMILES string of the molecule is c1ccc(Nc2ccc(C(c3ccc(Nc4ccccc4)cc3)c3ccc(NCC4CCCCC4)c4ccccc34)cc2)cc1. The van der Waals surface area contributed by atoms with E-state index >= 15 is 0 Å². The molecule has 0 bridgehead atoms. The van der Waals surface area contributed by atoms with Crippen molar-refractivity contribution in [3.05, 3.63) is 162 Å². The van der Waals surface area contributed by atoms with Crippen molar-refractivity contribution in [3.63, 3.8) is 0 Å². The van der Waals surface area contributed by atoms with E-state index in [4.69, 9.17) is 0 Å². The normalized spacial score (nSPS) is 13.5. The summed E-state index contributed by atoms with van der Waals surface area (Å²) in [7, 11) is 0. The van der Waals surface area contributed by atoms with Crippen molar-refractivity contribution in [2.24, 2.45) is 5.92 Å². The van der Waals surface area contributed by atoms with Gasteiger partial charge < -0.3 is 16.0 Å². The van der Waals surface area contributed by atoms with Crippen LogP contribution in [0.4, 0.5) is 28.4 Å². The summed E-state index contributed by atoms with van der Waals surface area (Å²) >= 11 is 0. The Labute approximate surface area is 267 Å². The van der Waals surface area contributed by atoms with Gasteiger partial charge >= 0.3 is 0 Å². The molecule has 0 aliphatic heterocycles. The van der Waals surface area contributed by atoms with Crippen molar-refractivity contribution < 1.29 is 0 Å². The third-order valence-electron chi connectivity index (χ3n) is 9.19. The molecule has 0 unspecified atom stereocenters. The lowest BCUT2D eigenvalue weighted by Gasteiger charge is -2.25. The second-order valence-corrected chi connectivity index (χ2v) is 12.3. The summed E-state index contributed by atoms with van der Waals surface area (Å²) < 4.78 is 0. The van der Waals surface area contributed by atoms with Crippen LogP contribution in [0.3, 0.4) is 0 Å². The zero-order valence-corrected chi connectivity index (χ0v) is 25.8. The lowest BCUT2D eigenvalue weighted by molar-refractivity contribution is 0.373. The monoisotopic (exact) mass is 587 g/mol. The quantitative estimate of drug-likeness (QED) is 0.140. The summed E-state index contributed by atoms with van der Waals surface area (Å²) in [6, 6.07) is 52.1. The Morgan fingerprint density at radius 3 is 1.51 bits per heavy atom. The molecule has 224 valence electrons. The van der Waals surface area contributed by atoms with Gasteiger partial charge in [-0.3, -0.25) is 0 Å². The molecule has 3 nitrogen and oxygen atoms in total. The molecule has 6 aromatic rings. The molecule has 3 heteroatoms. The first-order valence-electron chi connectivity index (χ1n) is 16.4. The maximum atomic E-state index is 3.85. The van der Waals surface area contributed by atoms with Gasteiger partial charge in [-0.2, -0.15) is 0 Å². The molecule has 3 N–H and O–H groups in total. The summed E-state index contributed by atoms with van der Waals surface area (Å²) in [5, 5.41) is 13.5. The lowest BCUT2D eigenvalue weighted by Crippen LogP contribution is -2.17. The number of hydrogen-bond donors (Lipinski definition) is 3. The van der Waals surface area contributed by atoms with Crippen LogP contribution in [0.1, 0.15) is 54.7 Å². The van der Waals surface area contributed by atoms with E-state index in [0.29, 0.717) is 0 Å². The number of fused-ring (bicyclic) bond motifs is 1. The Hall–Kier alpha value is -5.02. The molecule has 0 spiro atoms. The first kappa shape index (κ1) is 28.7. The van der Waals surface area contributed by atoms with E-state index in [1.807, 2.05) is 12.1 Å². The highest BCUT2D eigenvalue weighted by atomic mass is 14.9. The molecule has 0 atom stereocenters. The van der Waals surface area contributed by atoms with Crippen LogP contribution >= 0.6 is 0 Å². The van der Waals surface area contributed by atoms with Gasteiger partial charge in [0.15, 0.2) is 0 Å². The van der Waals surface area contributed by atoms with E-state index in [-0.39, 0.29) is 5.92 Å². The van der Waals surface area contributed by atoms with E-state index < -0.39 is 0 Å². The number of para-hydroxylation sites is 2. The van der Waals surface area contributed by atoms with Gasteiger partial charge in [-0.15, -0.1) is 0 Å². The zero-order chi connectivity index (χ0) is 30.3. The zero-order valence-electron chi connectivity index (χ0n) is 25.8. The van der Waals surface area contributed by atoms with Gasteiger partial charge in [0.2, 0.25) is 0 Å². The summed E-state index contributed by atoms with van der Waals surface area (Å²) in [4.78, 5) is 0. The number of anilines is 5. The summed E-state index contributed by atoms with van der Waals surface area (Å²) in [6.45, 7) is 1.05. The van der Waals surface area contributed by atoms with Crippen LogP contribution in [0.5, 0.6) is 0 Å². The van der Waals surface area contributed by atoms with Crippen LogP contribution in [0.25, 0.3) is 10.8 Å². The Morgan fingerprint density at radius 1 is 0.467 bits per heavy atom. The Kier molecular flexibility index (Phi) is 8.77. The predicted molar refractivity (Wildman–Crippen MR) is 192 cm³/mol. The maximum absolute atomic E-state index is 3.85. The summed E-state index contributed by atoms with van der Waals surface area (Å²) in [5.41, 5.74) is 9.44. The van der Waals surface area contributed by atoms with Crippen LogP contribution in [-0.4, -0.2) is 6.54 Å². The van der Waals surface area contributed by atoms with Crippen LogP contribution < -0.4 is 16.0 Å². The molecule has 0 aromatic heterocycles. The van der Waals surface area contributed by atoms with Crippen LogP contribution in [0.2, 0.25) is 0 Å². The van der Waals surface area contributed by atoms with Gasteiger partial charge in [0.05, 0.1) is 0 Å². The highest BCUT2D eigenvalue weighted by Gasteiger charge is 2.21.